The molecule has 264 valence electrons. The number of nitrogens with zero attached hydrogens (tertiary/aromatic N) is 6. The van der Waals surface area contributed by atoms with Gasteiger partial charge in [-0.05, 0) is 59.7 Å². The van der Waals surface area contributed by atoms with Crippen molar-refractivity contribution in [2.75, 3.05) is 63.3 Å². The van der Waals surface area contributed by atoms with Crippen LogP contribution in [0, 0.1) is 11.3 Å². The third-order valence-corrected chi connectivity index (χ3v) is 12.0. The average Bonchev–Trinajstić information content (AvgIpc) is 3.57. The summed E-state index contributed by atoms with van der Waals surface area (Å²) in [6.45, 7) is 5.81. The minimum absolute atomic E-state index is 0.0579. The lowest BCUT2D eigenvalue weighted by atomic mass is 10.0. The van der Waals surface area contributed by atoms with Gasteiger partial charge in [0.05, 0.1) is 48.9 Å². The van der Waals surface area contributed by atoms with Gasteiger partial charge in [-0.25, -0.2) is 12.7 Å². The van der Waals surface area contributed by atoms with Crippen LogP contribution in [0.4, 0.5) is 5.82 Å². The lowest BCUT2D eigenvalue weighted by molar-refractivity contribution is -0.136. The van der Waals surface area contributed by atoms with Gasteiger partial charge in [-0.3, -0.25) is 24.0 Å². The molecule has 0 spiro atoms. The highest BCUT2D eigenvalue weighted by Crippen LogP contribution is 2.45. The maximum atomic E-state index is 14.7. The fraction of sp³-hybridized carbons (Fsp3) is 0.324. The van der Waals surface area contributed by atoms with Gasteiger partial charge in [-0.2, -0.15) is 5.26 Å². The smallest absolute Gasteiger partial charge is 0.266 e. The first-order valence-electron chi connectivity index (χ1n) is 16.8. The topological polar surface area (TPSA) is 119 Å². The van der Waals surface area contributed by atoms with Crippen molar-refractivity contribution in [2.24, 2.45) is 0 Å². The minimum Gasteiger partial charge on any atom is -0.378 e. The van der Waals surface area contributed by atoms with E-state index in [-0.39, 0.29) is 34.3 Å². The van der Waals surface area contributed by atoms with E-state index in [1.165, 1.54) is 22.5 Å². The zero-order chi connectivity index (χ0) is 35.7. The Balaban J connectivity index is 1.26. The molecule has 0 aliphatic carbocycles. The number of benzene rings is 3. The Labute approximate surface area is 306 Å². The molecular weight excluding hydrogens is 711 g/mol. The molecule has 4 heterocycles. The van der Waals surface area contributed by atoms with Crippen LogP contribution < -0.4 is 9.86 Å². The van der Waals surface area contributed by atoms with E-state index in [2.05, 4.69) is 9.80 Å². The van der Waals surface area contributed by atoms with E-state index < -0.39 is 16.1 Å². The van der Waals surface area contributed by atoms with Crippen LogP contribution in [-0.4, -0.2) is 92.6 Å². The summed E-state index contributed by atoms with van der Waals surface area (Å²) in [5, 5.41) is 10.6. The van der Waals surface area contributed by atoms with Crippen molar-refractivity contribution in [2.45, 2.75) is 24.0 Å². The first-order chi connectivity index (χ1) is 24.6. The molecule has 0 unspecified atom stereocenters. The largest absolute Gasteiger partial charge is 0.378 e. The predicted octanol–water partition coefficient (Wildman–Crippen LogP) is 4.62. The van der Waals surface area contributed by atoms with Crippen LogP contribution in [0.3, 0.4) is 0 Å². The Hall–Kier alpha value is -4.22. The summed E-state index contributed by atoms with van der Waals surface area (Å²) >= 11 is 12.5. The highest BCUT2D eigenvalue weighted by Gasteiger charge is 2.42. The predicted molar refractivity (Wildman–Crippen MR) is 195 cm³/mol. The molecule has 2 saturated heterocycles. The lowest BCUT2D eigenvalue weighted by Gasteiger charge is -2.36. The zero-order valence-corrected chi connectivity index (χ0v) is 30.1. The quantitative estimate of drug-likeness (QED) is 0.257. The molecule has 1 aromatic heterocycles. The Morgan fingerprint density at radius 1 is 0.863 bits per heavy atom. The first kappa shape index (κ1) is 35.2. The van der Waals surface area contributed by atoms with Crippen molar-refractivity contribution >= 4 is 45.0 Å². The number of sulfonamides is 1. The number of rotatable bonds is 8. The summed E-state index contributed by atoms with van der Waals surface area (Å²) < 4.78 is 37.6. The molecule has 0 saturated carbocycles. The van der Waals surface area contributed by atoms with E-state index in [9.17, 15) is 23.3 Å². The standard InChI is InChI=1S/C37H36Cl2N6O5S/c38-30-8-4-27(5-9-30)33-21-29(23-41-12-14-42(15-13-41)25-35(46)43-16-18-50-19-17-43)37(47)44-24-34(28-6-10-31(39)11-7-28)45(36(33)44)51(48,49)32-3-1-2-26(20-32)22-40/h1-11,20-21,34H,12-19,23-25H2/t34-/m0/s1. The van der Waals surface area contributed by atoms with Crippen molar-refractivity contribution < 1.29 is 17.9 Å². The number of anilines is 1. The van der Waals surface area contributed by atoms with Crippen LogP contribution in [-0.2, 0) is 32.6 Å². The molecule has 1 amide bonds. The van der Waals surface area contributed by atoms with E-state index in [0.29, 0.717) is 97.9 Å². The molecule has 0 N–H and O–H groups in total. The van der Waals surface area contributed by atoms with Gasteiger partial charge in [-0.1, -0.05) is 53.5 Å². The maximum Gasteiger partial charge on any atom is 0.266 e. The van der Waals surface area contributed by atoms with Crippen molar-refractivity contribution in [3.05, 3.63) is 116 Å². The number of hydrogen-bond donors (Lipinski definition) is 0. The minimum atomic E-state index is -4.30. The second kappa shape index (κ2) is 14.8. The van der Waals surface area contributed by atoms with Crippen molar-refractivity contribution in [3.8, 4) is 17.2 Å². The number of piperazine rings is 1. The number of morpholine rings is 1. The number of nitriles is 1. The average molecular weight is 748 g/mol. The monoisotopic (exact) mass is 746 g/mol. The normalized spacial score (nSPS) is 18.4. The van der Waals surface area contributed by atoms with Crippen LogP contribution in [0.15, 0.2) is 88.6 Å². The van der Waals surface area contributed by atoms with E-state index in [1.807, 2.05) is 23.1 Å². The number of hydrogen-bond acceptors (Lipinski definition) is 8. The molecule has 0 bridgehead atoms. The number of carbonyl (C=O) groups excluding carboxylic acids is 1. The molecule has 11 nitrogen and oxygen atoms in total. The number of carbonyl (C=O) groups is 1. The van der Waals surface area contributed by atoms with Crippen molar-refractivity contribution in [1.82, 2.24) is 19.3 Å². The zero-order valence-electron chi connectivity index (χ0n) is 27.7. The van der Waals surface area contributed by atoms with Crippen LogP contribution in [0.1, 0.15) is 22.7 Å². The second-order valence-corrected chi connectivity index (χ2v) is 15.6. The fourth-order valence-corrected chi connectivity index (χ4v) is 8.92. The van der Waals surface area contributed by atoms with Gasteiger partial charge in [0, 0.05) is 67.0 Å². The summed E-state index contributed by atoms with van der Waals surface area (Å²) in [6.07, 6.45) is 0. The Kier molecular flexibility index (Phi) is 10.2. The van der Waals surface area contributed by atoms with E-state index in [0.717, 1.165) is 0 Å². The highest BCUT2D eigenvalue weighted by molar-refractivity contribution is 7.92. The SMILES string of the molecule is N#Cc1cccc(S(=O)(=O)N2c3c(-c4ccc(Cl)cc4)cc(CN4CCN(CC(=O)N5CCOCC5)CC4)c(=O)n3C[C@H]2c2ccc(Cl)cc2)c1. The van der Waals surface area contributed by atoms with Crippen LogP contribution in [0.2, 0.25) is 10.0 Å². The van der Waals surface area contributed by atoms with E-state index in [1.54, 1.807) is 53.1 Å². The number of halogens is 2. The third-order valence-electron chi connectivity index (χ3n) is 9.69. The Morgan fingerprint density at radius 3 is 2.18 bits per heavy atom. The highest BCUT2D eigenvalue weighted by atomic mass is 35.5. The van der Waals surface area contributed by atoms with Gasteiger partial charge in [0.1, 0.15) is 5.82 Å². The molecule has 3 aliphatic rings. The molecule has 3 aromatic carbocycles. The number of ether oxygens (including phenoxy) is 1. The summed E-state index contributed by atoms with van der Waals surface area (Å²) in [6, 6.07) is 23.0. The molecule has 0 radical (unpaired) electrons. The summed E-state index contributed by atoms with van der Waals surface area (Å²) in [4.78, 5) is 33.4. The molecule has 3 aliphatic heterocycles. The number of amides is 1. The molecule has 1 atom stereocenters. The maximum absolute atomic E-state index is 14.7. The Bertz CT molecular complexity index is 2140. The Morgan fingerprint density at radius 2 is 1.51 bits per heavy atom. The van der Waals surface area contributed by atoms with Gasteiger partial charge < -0.3 is 9.64 Å². The van der Waals surface area contributed by atoms with Gasteiger partial charge >= 0.3 is 0 Å². The van der Waals surface area contributed by atoms with Gasteiger partial charge in [0.2, 0.25) is 5.91 Å². The molecule has 4 aromatic rings. The summed E-state index contributed by atoms with van der Waals surface area (Å²) in [5.74, 6) is 0.338. The second-order valence-electron chi connectivity index (χ2n) is 12.9. The lowest BCUT2D eigenvalue weighted by Crippen LogP contribution is -2.51. The molecule has 2 fully saturated rings. The summed E-state index contributed by atoms with van der Waals surface area (Å²) in [7, 11) is -4.30. The number of aromatic nitrogens is 1. The van der Waals surface area contributed by atoms with Gasteiger partial charge in [0.15, 0.2) is 0 Å². The number of fused-ring (bicyclic) bond motifs is 1. The summed E-state index contributed by atoms with van der Waals surface area (Å²) in [5.41, 5.74) is 2.37. The van der Waals surface area contributed by atoms with Gasteiger partial charge in [0.25, 0.3) is 15.6 Å². The van der Waals surface area contributed by atoms with Gasteiger partial charge in [-0.15, -0.1) is 0 Å². The van der Waals surface area contributed by atoms with Crippen molar-refractivity contribution in [1.29, 1.82) is 5.26 Å². The number of pyridine rings is 1. The van der Waals surface area contributed by atoms with Crippen LogP contribution in [0.25, 0.3) is 11.1 Å². The molecule has 7 rings (SSSR count). The fourth-order valence-electron chi connectivity index (χ4n) is 6.97. The first-order valence-corrected chi connectivity index (χ1v) is 18.9. The molecule has 51 heavy (non-hydrogen) atoms. The molecule has 14 heteroatoms. The van der Waals surface area contributed by atoms with E-state index >= 15 is 0 Å². The van der Waals surface area contributed by atoms with Crippen LogP contribution >= 0.6 is 23.2 Å². The molecular formula is C37H36Cl2N6O5S. The van der Waals surface area contributed by atoms with Crippen molar-refractivity contribution in [3.63, 3.8) is 0 Å². The van der Waals surface area contributed by atoms with Crippen LogP contribution in [0.5, 0.6) is 0 Å². The third kappa shape index (κ3) is 7.28. The van der Waals surface area contributed by atoms with E-state index in [4.69, 9.17) is 27.9 Å².